The molecule has 2 fully saturated rings. The fourth-order valence-electron chi connectivity index (χ4n) is 4.87. The molecule has 2 saturated carbocycles. The molecule has 0 N–H and O–H groups in total. The lowest BCUT2D eigenvalue weighted by molar-refractivity contribution is 0.290. The first-order chi connectivity index (χ1) is 13.2. The van der Waals surface area contributed by atoms with Gasteiger partial charge in [-0.3, -0.25) is 0 Å². The molecule has 0 atom stereocenters. The Kier molecular flexibility index (Phi) is 7.04. The average molecular weight is 364 g/mol. The van der Waals surface area contributed by atoms with E-state index in [0.29, 0.717) is 23.7 Å². The number of allylic oxidation sites excluding steroid dienone is 5. The standard InChI is InChI=1S/C25H30FN/c1-19(21-8-6-20(7-9-21)5-3-2-4-18-27)22-10-12-23(13-11-22)24-14-16-25(26)17-15-24/h2-5,14-17,20-23H,1,6-13H2. The number of halogens is 1. The minimum Gasteiger partial charge on any atom is -0.207 e. The third-order valence-corrected chi connectivity index (χ3v) is 6.55. The highest BCUT2D eigenvalue weighted by Crippen LogP contribution is 2.43. The van der Waals surface area contributed by atoms with E-state index >= 15 is 0 Å². The fraction of sp³-hybridized carbons (Fsp3) is 0.480. The van der Waals surface area contributed by atoms with Crippen molar-refractivity contribution in [2.45, 2.75) is 57.3 Å². The van der Waals surface area contributed by atoms with E-state index in [4.69, 9.17) is 5.26 Å². The van der Waals surface area contributed by atoms with Crippen LogP contribution < -0.4 is 0 Å². The summed E-state index contributed by atoms with van der Waals surface area (Å²) in [6.07, 6.45) is 17.4. The van der Waals surface area contributed by atoms with Gasteiger partial charge in [0.1, 0.15) is 5.82 Å². The van der Waals surface area contributed by atoms with Crippen LogP contribution >= 0.6 is 0 Å². The molecular weight excluding hydrogens is 333 g/mol. The molecule has 2 aliphatic carbocycles. The topological polar surface area (TPSA) is 23.8 Å². The Labute approximate surface area is 163 Å². The van der Waals surface area contributed by atoms with E-state index in [1.165, 1.54) is 68.6 Å². The second kappa shape index (κ2) is 9.70. The molecule has 0 bridgehead atoms. The summed E-state index contributed by atoms with van der Waals surface area (Å²) < 4.78 is 13.1. The molecule has 3 rings (SSSR count). The summed E-state index contributed by atoms with van der Waals surface area (Å²) >= 11 is 0. The molecule has 2 aliphatic rings. The van der Waals surface area contributed by atoms with Gasteiger partial charge in [-0.15, -0.1) is 0 Å². The third kappa shape index (κ3) is 5.42. The highest BCUT2D eigenvalue weighted by atomic mass is 19.1. The Bertz CT molecular complexity index is 706. The van der Waals surface area contributed by atoms with E-state index in [0.717, 1.165) is 0 Å². The van der Waals surface area contributed by atoms with Crippen molar-refractivity contribution in [3.05, 3.63) is 72.1 Å². The van der Waals surface area contributed by atoms with Crippen molar-refractivity contribution in [2.75, 3.05) is 0 Å². The van der Waals surface area contributed by atoms with E-state index in [-0.39, 0.29) is 5.82 Å². The summed E-state index contributed by atoms with van der Waals surface area (Å²) in [6.45, 7) is 4.51. The van der Waals surface area contributed by atoms with Crippen molar-refractivity contribution in [1.82, 2.24) is 0 Å². The molecule has 0 radical (unpaired) electrons. The molecule has 142 valence electrons. The summed E-state index contributed by atoms with van der Waals surface area (Å²) in [7, 11) is 0. The van der Waals surface area contributed by atoms with E-state index in [2.05, 4.69) is 12.7 Å². The highest BCUT2D eigenvalue weighted by molar-refractivity contribution is 5.22. The molecule has 1 nitrogen and oxygen atoms in total. The number of rotatable bonds is 5. The molecule has 0 amide bonds. The molecule has 0 unspecified atom stereocenters. The Morgan fingerprint density at radius 2 is 1.52 bits per heavy atom. The molecule has 1 aromatic carbocycles. The maximum absolute atomic E-state index is 13.1. The fourth-order valence-corrected chi connectivity index (χ4v) is 4.87. The van der Waals surface area contributed by atoms with Gasteiger partial charge in [-0.1, -0.05) is 42.5 Å². The Balaban J connectivity index is 1.45. The first kappa shape index (κ1) is 19.6. The lowest BCUT2D eigenvalue weighted by Crippen LogP contribution is -2.22. The van der Waals surface area contributed by atoms with Crippen LogP contribution in [0.3, 0.4) is 0 Å². The van der Waals surface area contributed by atoms with Gasteiger partial charge in [0.25, 0.3) is 0 Å². The molecule has 1 aromatic rings. The van der Waals surface area contributed by atoms with Gasteiger partial charge in [-0.2, -0.15) is 5.26 Å². The molecular formula is C25H30FN. The zero-order valence-electron chi connectivity index (χ0n) is 16.1. The van der Waals surface area contributed by atoms with E-state index in [9.17, 15) is 4.39 Å². The second-order valence-electron chi connectivity index (χ2n) is 8.16. The first-order valence-corrected chi connectivity index (χ1v) is 10.3. The van der Waals surface area contributed by atoms with Crippen LogP contribution in [-0.4, -0.2) is 0 Å². The summed E-state index contributed by atoms with van der Waals surface area (Å²) in [5.74, 6) is 2.42. The number of hydrogen-bond donors (Lipinski definition) is 0. The largest absolute Gasteiger partial charge is 0.207 e. The minimum absolute atomic E-state index is 0.146. The summed E-state index contributed by atoms with van der Waals surface area (Å²) in [5, 5.41) is 8.52. The van der Waals surface area contributed by atoms with E-state index in [1.54, 1.807) is 12.1 Å². The minimum atomic E-state index is -0.146. The Hall–Kier alpha value is -2.14. The van der Waals surface area contributed by atoms with Crippen molar-refractivity contribution in [1.29, 1.82) is 5.26 Å². The van der Waals surface area contributed by atoms with Crippen molar-refractivity contribution in [2.24, 2.45) is 17.8 Å². The van der Waals surface area contributed by atoms with E-state index < -0.39 is 0 Å². The van der Waals surface area contributed by atoms with Gasteiger partial charge in [0, 0.05) is 6.08 Å². The van der Waals surface area contributed by atoms with Gasteiger partial charge in [0.15, 0.2) is 0 Å². The predicted molar refractivity (Wildman–Crippen MR) is 110 cm³/mol. The maximum atomic E-state index is 13.1. The zero-order chi connectivity index (χ0) is 19.1. The number of benzene rings is 1. The molecule has 0 spiro atoms. The highest BCUT2D eigenvalue weighted by Gasteiger charge is 2.29. The van der Waals surface area contributed by atoms with Gasteiger partial charge in [0.05, 0.1) is 6.07 Å². The van der Waals surface area contributed by atoms with Gasteiger partial charge in [-0.25, -0.2) is 4.39 Å². The second-order valence-corrected chi connectivity index (χ2v) is 8.16. The van der Waals surface area contributed by atoms with Crippen LogP contribution in [0, 0.1) is 34.9 Å². The molecule has 0 heterocycles. The van der Waals surface area contributed by atoms with Crippen LogP contribution in [-0.2, 0) is 0 Å². The quantitative estimate of drug-likeness (QED) is 0.311. The van der Waals surface area contributed by atoms with Crippen LogP contribution in [0.1, 0.15) is 62.8 Å². The number of hydrogen-bond acceptors (Lipinski definition) is 1. The van der Waals surface area contributed by atoms with Crippen LogP contribution in [0.2, 0.25) is 0 Å². The summed E-state index contributed by atoms with van der Waals surface area (Å²) in [6, 6.07) is 9.10. The number of nitrogens with zero attached hydrogens (tertiary/aromatic N) is 1. The summed E-state index contributed by atoms with van der Waals surface area (Å²) in [5.41, 5.74) is 2.78. The number of nitriles is 1. The predicted octanol–water partition coefficient (Wildman–Crippen LogP) is 7.10. The van der Waals surface area contributed by atoms with Gasteiger partial charge >= 0.3 is 0 Å². The van der Waals surface area contributed by atoms with Gasteiger partial charge in [0.2, 0.25) is 0 Å². The molecule has 0 saturated heterocycles. The molecule has 2 heteroatoms. The van der Waals surface area contributed by atoms with E-state index in [1.807, 2.05) is 30.4 Å². The van der Waals surface area contributed by atoms with Crippen molar-refractivity contribution < 1.29 is 4.39 Å². The SMILES string of the molecule is C=C(C1CCC(C=CC=CC#N)CC1)C1CCC(c2ccc(F)cc2)CC1. The van der Waals surface area contributed by atoms with Gasteiger partial charge < -0.3 is 0 Å². The van der Waals surface area contributed by atoms with Crippen molar-refractivity contribution in [3.8, 4) is 6.07 Å². The van der Waals surface area contributed by atoms with Crippen molar-refractivity contribution in [3.63, 3.8) is 0 Å². The van der Waals surface area contributed by atoms with Gasteiger partial charge in [-0.05, 0) is 92.7 Å². The molecule has 0 aliphatic heterocycles. The zero-order valence-corrected chi connectivity index (χ0v) is 16.1. The Morgan fingerprint density at radius 3 is 2.11 bits per heavy atom. The van der Waals surface area contributed by atoms with Crippen LogP contribution in [0.15, 0.2) is 60.7 Å². The maximum Gasteiger partial charge on any atom is 0.123 e. The third-order valence-electron chi connectivity index (χ3n) is 6.55. The first-order valence-electron chi connectivity index (χ1n) is 10.3. The normalized spacial score (nSPS) is 29.0. The van der Waals surface area contributed by atoms with Crippen LogP contribution in [0.4, 0.5) is 4.39 Å². The van der Waals surface area contributed by atoms with Crippen LogP contribution in [0.5, 0.6) is 0 Å². The monoisotopic (exact) mass is 363 g/mol. The lowest BCUT2D eigenvalue weighted by atomic mass is 9.70. The smallest absolute Gasteiger partial charge is 0.123 e. The Morgan fingerprint density at radius 1 is 0.926 bits per heavy atom. The van der Waals surface area contributed by atoms with Crippen molar-refractivity contribution >= 4 is 0 Å². The molecule has 27 heavy (non-hydrogen) atoms. The lowest BCUT2D eigenvalue weighted by Gasteiger charge is -2.36. The van der Waals surface area contributed by atoms with Crippen LogP contribution in [0.25, 0.3) is 0 Å². The molecule has 0 aromatic heterocycles. The summed E-state index contributed by atoms with van der Waals surface area (Å²) in [4.78, 5) is 0. The average Bonchev–Trinajstić information content (AvgIpc) is 2.72.